The minimum Gasteiger partial charge on any atom is -0.327 e. The van der Waals surface area contributed by atoms with Crippen molar-refractivity contribution in [1.82, 2.24) is 0 Å². The Morgan fingerprint density at radius 2 is 1.71 bits per heavy atom. The summed E-state index contributed by atoms with van der Waals surface area (Å²) in [4.78, 5) is 0. The van der Waals surface area contributed by atoms with Crippen molar-refractivity contribution in [2.24, 2.45) is 41.2 Å². The van der Waals surface area contributed by atoms with E-state index in [1.54, 1.807) is 6.42 Å². The average molecular weight is 193 g/mol. The van der Waals surface area contributed by atoms with E-state index in [4.69, 9.17) is 5.73 Å². The van der Waals surface area contributed by atoms with Crippen LogP contribution in [0.2, 0.25) is 0 Å². The molecule has 3 aliphatic rings. The van der Waals surface area contributed by atoms with Crippen LogP contribution in [-0.2, 0) is 0 Å². The molecule has 3 aliphatic carbocycles. The van der Waals surface area contributed by atoms with E-state index >= 15 is 0 Å². The Labute approximate surface area is 87.4 Å². The molecule has 2 bridgehead atoms. The molecule has 0 radical (unpaired) electrons. The molecule has 0 saturated heterocycles. The standard InChI is InChI=1S/C13H23N/c1-7(2)5-10(14)13-11-8-3-4-9(6-8)12(11)13/h7-13H,3-6,14H2,1-2H3. The fraction of sp³-hybridized carbons (Fsp3) is 1.00. The number of hydrogen-bond donors (Lipinski definition) is 1. The molecule has 3 fully saturated rings. The summed E-state index contributed by atoms with van der Waals surface area (Å²) in [5, 5.41) is 0. The summed E-state index contributed by atoms with van der Waals surface area (Å²) in [6, 6.07) is 0.522. The van der Waals surface area contributed by atoms with Crippen molar-refractivity contribution in [2.45, 2.75) is 45.6 Å². The van der Waals surface area contributed by atoms with Crippen LogP contribution in [0.25, 0.3) is 0 Å². The van der Waals surface area contributed by atoms with Crippen molar-refractivity contribution >= 4 is 0 Å². The third kappa shape index (κ3) is 1.18. The zero-order chi connectivity index (χ0) is 9.87. The van der Waals surface area contributed by atoms with Gasteiger partial charge in [-0.25, -0.2) is 0 Å². The van der Waals surface area contributed by atoms with E-state index in [0.29, 0.717) is 6.04 Å². The first-order chi connectivity index (χ1) is 6.68. The van der Waals surface area contributed by atoms with Gasteiger partial charge in [-0.3, -0.25) is 0 Å². The highest BCUT2D eigenvalue weighted by atomic mass is 14.8. The van der Waals surface area contributed by atoms with Gasteiger partial charge in [-0.1, -0.05) is 13.8 Å². The molecule has 3 rings (SSSR count). The van der Waals surface area contributed by atoms with Gasteiger partial charge in [-0.05, 0) is 61.2 Å². The predicted molar refractivity (Wildman–Crippen MR) is 58.7 cm³/mol. The second-order valence-electron chi connectivity index (χ2n) is 6.36. The van der Waals surface area contributed by atoms with Crippen molar-refractivity contribution in [3.8, 4) is 0 Å². The lowest BCUT2D eigenvalue weighted by Gasteiger charge is -2.17. The van der Waals surface area contributed by atoms with Crippen LogP contribution in [0.5, 0.6) is 0 Å². The minimum atomic E-state index is 0.522. The van der Waals surface area contributed by atoms with E-state index in [1.807, 2.05) is 0 Å². The molecule has 80 valence electrons. The van der Waals surface area contributed by atoms with Crippen molar-refractivity contribution in [3.63, 3.8) is 0 Å². The lowest BCUT2D eigenvalue weighted by molar-refractivity contribution is 0.370. The molecule has 14 heavy (non-hydrogen) atoms. The highest BCUT2D eigenvalue weighted by molar-refractivity contribution is 5.15. The zero-order valence-electron chi connectivity index (χ0n) is 9.45. The summed E-state index contributed by atoms with van der Waals surface area (Å²) in [5.41, 5.74) is 6.32. The molecule has 0 aromatic heterocycles. The maximum Gasteiger partial charge on any atom is 0.00753 e. The Morgan fingerprint density at radius 3 is 2.21 bits per heavy atom. The smallest absolute Gasteiger partial charge is 0.00753 e. The molecule has 0 heterocycles. The predicted octanol–water partition coefficient (Wildman–Crippen LogP) is 2.65. The number of nitrogens with two attached hydrogens (primary N) is 1. The van der Waals surface area contributed by atoms with E-state index in [1.165, 1.54) is 19.3 Å². The Kier molecular flexibility index (Phi) is 1.96. The van der Waals surface area contributed by atoms with Gasteiger partial charge in [0.1, 0.15) is 0 Å². The van der Waals surface area contributed by atoms with Crippen LogP contribution in [0.1, 0.15) is 39.5 Å². The van der Waals surface area contributed by atoms with E-state index < -0.39 is 0 Å². The van der Waals surface area contributed by atoms with Crippen LogP contribution >= 0.6 is 0 Å². The molecular formula is C13H23N. The third-order valence-corrected chi connectivity index (χ3v) is 5.03. The molecule has 5 atom stereocenters. The Hall–Kier alpha value is -0.0400. The van der Waals surface area contributed by atoms with Gasteiger partial charge in [0, 0.05) is 6.04 Å². The molecule has 1 nitrogen and oxygen atoms in total. The molecule has 2 N–H and O–H groups in total. The maximum absolute atomic E-state index is 6.32. The Balaban J connectivity index is 1.62. The van der Waals surface area contributed by atoms with Crippen molar-refractivity contribution in [2.75, 3.05) is 0 Å². The fourth-order valence-corrected chi connectivity index (χ4v) is 4.67. The first-order valence-electron chi connectivity index (χ1n) is 6.44. The molecule has 0 aliphatic heterocycles. The summed E-state index contributed by atoms with van der Waals surface area (Å²) in [6.45, 7) is 4.60. The van der Waals surface area contributed by atoms with Crippen LogP contribution in [-0.4, -0.2) is 6.04 Å². The lowest BCUT2D eigenvalue weighted by atomic mass is 9.93. The molecular weight excluding hydrogens is 170 g/mol. The molecule has 5 unspecified atom stereocenters. The summed E-state index contributed by atoms with van der Waals surface area (Å²) in [7, 11) is 0. The first-order valence-corrected chi connectivity index (χ1v) is 6.44. The molecule has 1 heteroatoms. The largest absolute Gasteiger partial charge is 0.327 e. The highest BCUT2D eigenvalue weighted by Crippen LogP contribution is 2.70. The first kappa shape index (κ1) is 9.21. The van der Waals surface area contributed by atoms with Gasteiger partial charge < -0.3 is 5.73 Å². The Bertz CT molecular complexity index is 219. The molecule has 0 spiro atoms. The van der Waals surface area contributed by atoms with Gasteiger partial charge in [0.15, 0.2) is 0 Å². The van der Waals surface area contributed by atoms with Gasteiger partial charge >= 0.3 is 0 Å². The maximum atomic E-state index is 6.32. The Morgan fingerprint density at radius 1 is 1.14 bits per heavy atom. The average Bonchev–Trinajstić information content (AvgIpc) is 2.56. The van der Waals surface area contributed by atoms with Crippen molar-refractivity contribution < 1.29 is 0 Å². The lowest BCUT2D eigenvalue weighted by Crippen LogP contribution is -2.27. The van der Waals surface area contributed by atoms with Crippen LogP contribution in [0.3, 0.4) is 0 Å². The van der Waals surface area contributed by atoms with Gasteiger partial charge in [0.2, 0.25) is 0 Å². The topological polar surface area (TPSA) is 26.0 Å². The monoisotopic (exact) mass is 193 g/mol. The summed E-state index contributed by atoms with van der Waals surface area (Å²) >= 11 is 0. The van der Waals surface area contributed by atoms with Crippen LogP contribution in [0.15, 0.2) is 0 Å². The van der Waals surface area contributed by atoms with Crippen LogP contribution in [0.4, 0.5) is 0 Å². The third-order valence-electron chi connectivity index (χ3n) is 5.03. The summed E-state index contributed by atoms with van der Waals surface area (Å²) in [6.07, 6.45) is 5.85. The molecule has 3 saturated carbocycles. The van der Waals surface area contributed by atoms with Gasteiger partial charge in [-0.2, -0.15) is 0 Å². The second kappa shape index (κ2) is 2.98. The van der Waals surface area contributed by atoms with Crippen LogP contribution < -0.4 is 5.73 Å². The quantitative estimate of drug-likeness (QED) is 0.732. The number of rotatable bonds is 3. The van der Waals surface area contributed by atoms with Gasteiger partial charge in [-0.15, -0.1) is 0 Å². The van der Waals surface area contributed by atoms with E-state index in [9.17, 15) is 0 Å². The normalized spacial score (nSPS) is 51.0. The van der Waals surface area contributed by atoms with E-state index in [2.05, 4.69) is 13.8 Å². The SMILES string of the molecule is CC(C)CC(N)C1C2C3CCC(C3)C12. The minimum absolute atomic E-state index is 0.522. The molecule has 0 aromatic carbocycles. The second-order valence-corrected chi connectivity index (χ2v) is 6.36. The van der Waals surface area contributed by atoms with E-state index in [-0.39, 0.29) is 0 Å². The highest BCUT2D eigenvalue weighted by Gasteiger charge is 2.65. The van der Waals surface area contributed by atoms with Gasteiger partial charge in [0.05, 0.1) is 0 Å². The molecule has 0 aromatic rings. The number of fused-ring (bicyclic) bond motifs is 5. The van der Waals surface area contributed by atoms with Crippen molar-refractivity contribution in [1.29, 1.82) is 0 Å². The van der Waals surface area contributed by atoms with E-state index in [0.717, 1.165) is 35.5 Å². The number of hydrogen-bond acceptors (Lipinski definition) is 1. The van der Waals surface area contributed by atoms with Crippen molar-refractivity contribution in [3.05, 3.63) is 0 Å². The van der Waals surface area contributed by atoms with Crippen LogP contribution in [0, 0.1) is 35.5 Å². The molecule has 0 amide bonds. The summed E-state index contributed by atoms with van der Waals surface area (Å²) in [5.74, 6) is 6.04. The van der Waals surface area contributed by atoms with Gasteiger partial charge in [0.25, 0.3) is 0 Å². The summed E-state index contributed by atoms with van der Waals surface area (Å²) < 4.78 is 0. The zero-order valence-corrected chi connectivity index (χ0v) is 9.45. The fourth-order valence-electron chi connectivity index (χ4n) is 4.67.